The molecule has 0 fully saturated rings. The summed E-state index contributed by atoms with van der Waals surface area (Å²) in [6, 6.07) is 0. The van der Waals surface area contributed by atoms with Gasteiger partial charge in [0, 0.05) is 19.4 Å². The summed E-state index contributed by atoms with van der Waals surface area (Å²) >= 11 is 0. The Morgan fingerprint density at radius 2 is 0.556 bits per heavy atom. The lowest BCUT2D eigenvalue weighted by atomic mass is 10.0. The fourth-order valence-corrected chi connectivity index (χ4v) is 14.5. The van der Waals surface area contributed by atoms with Crippen LogP contribution in [0.25, 0.3) is 0 Å². The molecule has 3 N–H and O–H groups in total. The van der Waals surface area contributed by atoms with Crippen LogP contribution in [0.2, 0.25) is 0 Å². The molecule has 10 heteroatoms. The Balaban J connectivity index is 3.69. The summed E-state index contributed by atoms with van der Waals surface area (Å²) < 4.78 is 33.3. The molecule has 0 aromatic rings. The molecule has 0 aromatic carbocycles. The van der Waals surface area contributed by atoms with E-state index in [0.29, 0.717) is 6.42 Å². The van der Waals surface area contributed by atoms with Crippen molar-refractivity contribution < 1.29 is 37.6 Å². The summed E-state index contributed by atoms with van der Waals surface area (Å²) in [5, 5.41) is 0. The van der Waals surface area contributed by atoms with Crippen LogP contribution in [0.15, 0.2) is 48.6 Å². The average Bonchev–Trinajstić information content (AvgIpc) is 1.19. The van der Waals surface area contributed by atoms with Crippen molar-refractivity contribution in [2.45, 2.75) is 482 Å². The summed E-state index contributed by atoms with van der Waals surface area (Å²) in [6.45, 7) is 3.73. The molecule has 0 heterocycles. The average molecular weight is 1410 g/mol. The highest BCUT2D eigenvalue weighted by Gasteiger charge is 2.26. The fourth-order valence-electron chi connectivity index (χ4n) is 13.8. The largest absolute Gasteiger partial charge is 0.472 e. The molecule has 0 rings (SSSR count). The van der Waals surface area contributed by atoms with Gasteiger partial charge in [-0.2, -0.15) is 0 Å². The van der Waals surface area contributed by atoms with Crippen molar-refractivity contribution in [1.82, 2.24) is 0 Å². The smallest absolute Gasteiger partial charge is 0.462 e. The Hall–Kier alpha value is -2.03. The van der Waals surface area contributed by atoms with Gasteiger partial charge in [-0.3, -0.25) is 18.6 Å². The van der Waals surface area contributed by atoms with Crippen molar-refractivity contribution in [1.29, 1.82) is 0 Å². The number of rotatable bonds is 85. The first-order valence-electron chi connectivity index (χ1n) is 44.1. The first-order valence-corrected chi connectivity index (χ1v) is 45.6. The van der Waals surface area contributed by atoms with Gasteiger partial charge < -0.3 is 20.1 Å². The molecular weight excluding hydrogens is 1240 g/mol. The van der Waals surface area contributed by atoms with Crippen molar-refractivity contribution in [3.05, 3.63) is 48.6 Å². The first-order chi connectivity index (χ1) is 48.8. The van der Waals surface area contributed by atoms with Crippen molar-refractivity contribution >= 4 is 19.8 Å². The molecule has 0 radical (unpaired) electrons. The maximum atomic E-state index is 12.8. The van der Waals surface area contributed by atoms with E-state index in [1.807, 2.05) is 0 Å². The first kappa shape index (κ1) is 97.0. The number of esters is 2. The van der Waals surface area contributed by atoms with E-state index in [0.717, 1.165) is 57.8 Å². The predicted octanol–water partition coefficient (Wildman–Crippen LogP) is 29.9. The van der Waals surface area contributed by atoms with Crippen LogP contribution in [0.5, 0.6) is 0 Å². The molecule has 0 spiro atoms. The molecule has 0 saturated heterocycles. The molecule has 0 amide bonds. The molecule has 0 aliphatic heterocycles. The second kappa shape index (κ2) is 84.9. The molecule has 2 unspecified atom stereocenters. The van der Waals surface area contributed by atoms with Gasteiger partial charge in [0.05, 0.1) is 13.2 Å². The Morgan fingerprint density at radius 3 is 0.828 bits per heavy atom. The number of hydrogen-bond acceptors (Lipinski definition) is 8. The zero-order valence-electron chi connectivity index (χ0n) is 66.3. The molecule has 99 heavy (non-hydrogen) atoms. The van der Waals surface area contributed by atoms with Crippen molar-refractivity contribution in [2.75, 3.05) is 26.4 Å². The van der Waals surface area contributed by atoms with Crippen LogP contribution in [0.1, 0.15) is 476 Å². The number of unbranched alkanes of at least 4 members (excludes halogenated alkanes) is 64. The maximum Gasteiger partial charge on any atom is 0.472 e. The zero-order chi connectivity index (χ0) is 71.5. The van der Waals surface area contributed by atoms with Gasteiger partial charge in [0.25, 0.3) is 0 Å². The summed E-state index contributed by atoms with van der Waals surface area (Å²) in [5.41, 5.74) is 5.43. The molecule has 2 atom stereocenters. The van der Waals surface area contributed by atoms with E-state index in [1.54, 1.807) is 0 Å². The molecule has 0 aliphatic rings. The minimum atomic E-state index is -4.40. The van der Waals surface area contributed by atoms with Gasteiger partial charge in [0.15, 0.2) is 6.10 Å². The molecular formula is C89H170NO8P. The Kier molecular flexibility index (Phi) is 83.2. The molecule has 0 aromatic heterocycles. The third-order valence-corrected chi connectivity index (χ3v) is 21.2. The minimum Gasteiger partial charge on any atom is -0.462 e. The number of hydrogen-bond donors (Lipinski definition) is 2. The van der Waals surface area contributed by atoms with Crippen LogP contribution in [0, 0.1) is 0 Å². The quantitative estimate of drug-likeness (QED) is 0.0264. The minimum absolute atomic E-state index is 0.0571. The molecule has 0 bridgehead atoms. The second-order valence-corrected chi connectivity index (χ2v) is 31.6. The monoisotopic (exact) mass is 1410 g/mol. The Bertz CT molecular complexity index is 1770. The van der Waals surface area contributed by atoms with Gasteiger partial charge in [0.1, 0.15) is 6.61 Å². The van der Waals surface area contributed by atoms with Crippen LogP contribution in [-0.4, -0.2) is 49.3 Å². The Labute approximate surface area is 617 Å². The van der Waals surface area contributed by atoms with E-state index in [2.05, 4.69) is 62.5 Å². The third kappa shape index (κ3) is 84.8. The molecule has 9 nitrogen and oxygen atoms in total. The van der Waals surface area contributed by atoms with Crippen molar-refractivity contribution in [3.63, 3.8) is 0 Å². The van der Waals surface area contributed by atoms with E-state index in [4.69, 9.17) is 24.3 Å². The van der Waals surface area contributed by atoms with Crippen LogP contribution in [0.4, 0.5) is 0 Å². The summed E-state index contributed by atoms with van der Waals surface area (Å²) in [4.78, 5) is 35.5. The molecule has 0 saturated carbocycles. The number of carbonyl (C=O) groups excluding carboxylic acids is 2. The van der Waals surface area contributed by atoms with Crippen LogP contribution in [-0.2, 0) is 32.7 Å². The lowest BCUT2D eigenvalue weighted by Crippen LogP contribution is -2.29. The number of allylic oxidation sites excluding steroid dienone is 8. The number of carbonyl (C=O) groups is 2. The highest BCUT2D eigenvalue weighted by atomic mass is 31.2. The Morgan fingerprint density at radius 1 is 0.313 bits per heavy atom. The lowest BCUT2D eigenvalue weighted by Gasteiger charge is -2.19. The number of nitrogens with two attached hydrogens (primary N) is 1. The predicted molar refractivity (Wildman–Crippen MR) is 432 cm³/mol. The van der Waals surface area contributed by atoms with Gasteiger partial charge in [-0.25, -0.2) is 4.57 Å². The van der Waals surface area contributed by atoms with E-state index < -0.39 is 26.5 Å². The number of phosphoric ester groups is 1. The second-order valence-electron chi connectivity index (χ2n) is 30.1. The summed E-state index contributed by atoms with van der Waals surface area (Å²) in [7, 11) is -4.40. The SMILES string of the molecule is CC/C=C\C/C=C\C/C=C\C/C=C\CCCCCCCCCCCCCCCCCCCCCCCCCCCCCCC(=O)OC(COC(=O)CCCCCCCCCCCCCCCCCCCCCCCCCCCCCCCCCCCCCCC)COP(=O)(O)OCCN. The molecule has 0 aliphatic carbocycles. The van der Waals surface area contributed by atoms with Crippen LogP contribution < -0.4 is 5.73 Å². The zero-order valence-corrected chi connectivity index (χ0v) is 67.2. The normalized spacial score (nSPS) is 13.0. The third-order valence-electron chi connectivity index (χ3n) is 20.2. The van der Waals surface area contributed by atoms with Crippen molar-refractivity contribution in [2.24, 2.45) is 5.73 Å². The fraction of sp³-hybridized carbons (Fsp3) is 0.888. The van der Waals surface area contributed by atoms with Gasteiger partial charge in [-0.05, 0) is 51.4 Å². The van der Waals surface area contributed by atoms with Crippen LogP contribution in [0.3, 0.4) is 0 Å². The standard InChI is InChI=1S/C89H170NO8P/c1-3-5-7-9-11-13-15-17-19-21-23-25-27-29-31-33-35-37-39-41-42-43-44-46-48-50-52-54-56-58-60-62-64-66-68-70-72-74-76-78-80-82-89(92)98-87(86-97-99(93,94)96-84-83-90)85-95-88(91)81-79-77-75-73-71-69-67-65-63-61-59-57-55-53-51-49-47-45-40-38-36-34-32-30-28-26-24-22-20-18-16-14-12-10-8-6-4-2/h5,7,11,13,17,19,23,25,87H,3-4,6,8-10,12,14-16,18,20-22,24,26-86,90H2,1-2H3,(H,93,94)/b7-5-,13-11-,19-17-,25-23-. The van der Waals surface area contributed by atoms with E-state index in [1.165, 1.54) is 385 Å². The maximum absolute atomic E-state index is 12.8. The van der Waals surface area contributed by atoms with Crippen molar-refractivity contribution in [3.8, 4) is 0 Å². The van der Waals surface area contributed by atoms with Gasteiger partial charge >= 0.3 is 19.8 Å². The highest BCUT2D eigenvalue weighted by molar-refractivity contribution is 7.47. The van der Waals surface area contributed by atoms with E-state index in [-0.39, 0.29) is 38.6 Å². The van der Waals surface area contributed by atoms with Gasteiger partial charge in [-0.1, -0.05) is 461 Å². The van der Waals surface area contributed by atoms with E-state index >= 15 is 0 Å². The summed E-state index contributed by atoms with van der Waals surface area (Å²) in [5.74, 6) is -0.797. The number of ether oxygens (including phenoxy) is 2. The lowest BCUT2D eigenvalue weighted by molar-refractivity contribution is -0.161. The number of phosphoric acid groups is 1. The summed E-state index contributed by atoms with van der Waals surface area (Å²) in [6.07, 6.45) is 112. The topological polar surface area (TPSA) is 134 Å². The molecule has 584 valence electrons. The van der Waals surface area contributed by atoms with Crippen LogP contribution >= 0.6 is 7.82 Å². The highest BCUT2D eigenvalue weighted by Crippen LogP contribution is 2.43. The van der Waals surface area contributed by atoms with Gasteiger partial charge in [0.2, 0.25) is 0 Å². The van der Waals surface area contributed by atoms with E-state index in [9.17, 15) is 19.0 Å². The van der Waals surface area contributed by atoms with Gasteiger partial charge in [-0.15, -0.1) is 0 Å².